The van der Waals surface area contributed by atoms with Crippen molar-refractivity contribution in [1.82, 2.24) is 4.90 Å². The molecular formula is C12H19NO4. The molecule has 2 amide bonds. The first-order chi connectivity index (χ1) is 7.90. The summed E-state index contributed by atoms with van der Waals surface area (Å²) in [4.78, 5) is 36.2. The largest absolute Gasteiger partial charge is 0.447 e. The fourth-order valence-corrected chi connectivity index (χ4v) is 1.83. The third-order valence-electron chi connectivity index (χ3n) is 3.11. The van der Waals surface area contributed by atoms with Crippen LogP contribution in [0.3, 0.4) is 0 Å². The molecule has 0 aliphatic carbocycles. The SMILES string of the molecule is CCC(=O)C(C)C(=O)N1C(=O)OC[C@@H]1C(C)C. The van der Waals surface area contributed by atoms with Gasteiger partial charge < -0.3 is 4.74 Å². The van der Waals surface area contributed by atoms with Gasteiger partial charge in [-0.05, 0) is 12.8 Å². The number of carbonyl (C=O) groups is 3. The van der Waals surface area contributed by atoms with Gasteiger partial charge in [-0.25, -0.2) is 9.69 Å². The molecule has 5 heteroatoms. The summed E-state index contributed by atoms with van der Waals surface area (Å²) < 4.78 is 4.88. The summed E-state index contributed by atoms with van der Waals surface area (Å²) in [6.45, 7) is 7.29. The zero-order chi connectivity index (χ0) is 13.2. The molecule has 0 aromatic carbocycles. The average molecular weight is 241 g/mol. The van der Waals surface area contributed by atoms with E-state index in [2.05, 4.69) is 0 Å². The Kier molecular flexibility index (Phi) is 4.26. The second kappa shape index (κ2) is 5.29. The number of carbonyl (C=O) groups excluding carboxylic acids is 3. The van der Waals surface area contributed by atoms with Gasteiger partial charge in [0.05, 0.1) is 12.0 Å². The van der Waals surface area contributed by atoms with Gasteiger partial charge in [-0.1, -0.05) is 20.8 Å². The van der Waals surface area contributed by atoms with Crippen LogP contribution in [0.1, 0.15) is 34.1 Å². The normalized spacial score (nSPS) is 21.6. The van der Waals surface area contributed by atoms with Gasteiger partial charge in [-0.15, -0.1) is 0 Å². The number of nitrogens with zero attached hydrogens (tertiary/aromatic N) is 1. The van der Waals surface area contributed by atoms with E-state index in [0.29, 0.717) is 6.42 Å². The van der Waals surface area contributed by atoms with E-state index in [1.54, 1.807) is 6.92 Å². The zero-order valence-electron chi connectivity index (χ0n) is 10.7. The van der Waals surface area contributed by atoms with Gasteiger partial charge in [0, 0.05) is 6.42 Å². The first-order valence-corrected chi connectivity index (χ1v) is 5.92. The van der Waals surface area contributed by atoms with Crippen LogP contribution >= 0.6 is 0 Å². The standard InChI is InChI=1S/C12H19NO4/c1-5-10(14)8(4)11(15)13-9(7(2)3)6-17-12(13)16/h7-9H,5-6H2,1-4H3/t8?,9-/m1/s1. The van der Waals surface area contributed by atoms with E-state index >= 15 is 0 Å². The third-order valence-corrected chi connectivity index (χ3v) is 3.11. The first-order valence-electron chi connectivity index (χ1n) is 5.92. The molecule has 5 nitrogen and oxygen atoms in total. The molecule has 1 aliphatic rings. The zero-order valence-corrected chi connectivity index (χ0v) is 10.7. The van der Waals surface area contributed by atoms with Gasteiger partial charge in [0.1, 0.15) is 12.4 Å². The molecule has 2 atom stereocenters. The number of amides is 2. The number of ether oxygens (including phenoxy) is 1. The highest BCUT2D eigenvalue weighted by Crippen LogP contribution is 2.22. The van der Waals surface area contributed by atoms with Crippen LogP contribution in [-0.2, 0) is 14.3 Å². The van der Waals surface area contributed by atoms with Crippen LogP contribution in [0.15, 0.2) is 0 Å². The molecule has 1 heterocycles. The number of cyclic esters (lactones) is 1. The van der Waals surface area contributed by atoms with Crippen molar-refractivity contribution < 1.29 is 19.1 Å². The lowest BCUT2D eigenvalue weighted by Crippen LogP contribution is -2.45. The molecule has 0 N–H and O–H groups in total. The summed E-state index contributed by atoms with van der Waals surface area (Å²) in [6, 6.07) is -0.262. The molecule has 0 aromatic rings. The lowest BCUT2D eigenvalue weighted by atomic mass is 9.99. The maximum atomic E-state index is 12.1. The van der Waals surface area contributed by atoms with Crippen molar-refractivity contribution in [3.05, 3.63) is 0 Å². The molecule has 1 fully saturated rings. The maximum Gasteiger partial charge on any atom is 0.417 e. The monoisotopic (exact) mass is 241 g/mol. The van der Waals surface area contributed by atoms with Crippen molar-refractivity contribution in [2.24, 2.45) is 11.8 Å². The lowest BCUT2D eigenvalue weighted by Gasteiger charge is -2.24. The van der Waals surface area contributed by atoms with E-state index in [-0.39, 0.29) is 24.3 Å². The Balaban J connectivity index is 2.85. The van der Waals surface area contributed by atoms with Crippen molar-refractivity contribution in [2.45, 2.75) is 40.2 Å². The predicted octanol–water partition coefficient (Wildman–Crippen LogP) is 1.60. The van der Waals surface area contributed by atoms with Crippen LogP contribution in [0.25, 0.3) is 0 Å². The number of hydrogen-bond donors (Lipinski definition) is 0. The fourth-order valence-electron chi connectivity index (χ4n) is 1.83. The molecule has 0 spiro atoms. The van der Waals surface area contributed by atoms with Gasteiger partial charge in [0.15, 0.2) is 0 Å². The molecule has 0 radical (unpaired) electrons. The van der Waals surface area contributed by atoms with E-state index in [0.717, 1.165) is 4.90 Å². The molecular weight excluding hydrogens is 222 g/mol. The Hall–Kier alpha value is -1.39. The highest BCUT2D eigenvalue weighted by molar-refractivity contribution is 6.06. The van der Waals surface area contributed by atoms with Crippen molar-refractivity contribution in [2.75, 3.05) is 6.61 Å². The van der Waals surface area contributed by atoms with Crippen LogP contribution in [0.5, 0.6) is 0 Å². The van der Waals surface area contributed by atoms with E-state index in [1.807, 2.05) is 13.8 Å². The van der Waals surface area contributed by atoms with Crippen LogP contribution in [-0.4, -0.2) is 35.3 Å². The van der Waals surface area contributed by atoms with Gasteiger partial charge in [0.25, 0.3) is 0 Å². The van der Waals surface area contributed by atoms with Gasteiger partial charge in [0.2, 0.25) is 5.91 Å². The minimum Gasteiger partial charge on any atom is -0.447 e. The van der Waals surface area contributed by atoms with Crippen LogP contribution in [0, 0.1) is 11.8 Å². The van der Waals surface area contributed by atoms with E-state index in [4.69, 9.17) is 4.74 Å². The summed E-state index contributed by atoms with van der Waals surface area (Å²) in [5, 5.41) is 0. The number of Topliss-reactive ketones (excluding diaryl/α,β-unsaturated/α-hetero) is 1. The van der Waals surface area contributed by atoms with Crippen LogP contribution in [0.4, 0.5) is 4.79 Å². The Bertz CT molecular complexity index is 337. The smallest absolute Gasteiger partial charge is 0.417 e. The number of imide groups is 1. The summed E-state index contributed by atoms with van der Waals surface area (Å²) in [7, 11) is 0. The fraction of sp³-hybridized carbons (Fsp3) is 0.750. The quantitative estimate of drug-likeness (QED) is 0.701. The summed E-state index contributed by atoms with van der Waals surface area (Å²) in [5.41, 5.74) is 0. The summed E-state index contributed by atoms with van der Waals surface area (Å²) in [6.07, 6.45) is -0.341. The van der Waals surface area contributed by atoms with Gasteiger partial charge in [-0.3, -0.25) is 9.59 Å². The molecule has 1 aliphatic heterocycles. The second-order valence-corrected chi connectivity index (χ2v) is 4.64. The Labute approximate surface area is 101 Å². The molecule has 0 aromatic heterocycles. The van der Waals surface area contributed by atoms with Crippen molar-refractivity contribution in [3.63, 3.8) is 0 Å². The molecule has 96 valence electrons. The lowest BCUT2D eigenvalue weighted by molar-refractivity contribution is -0.139. The number of rotatable bonds is 4. The summed E-state index contributed by atoms with van der Waals surface area (Å²) in [5.74, 6) is -1.25. The second-order valence-electron chi connectivity index (χ2n) is 4.64. The number of hydrogen-bond acceptors (Lipinski definition) is 4. The molecule has 0 bridgehead atoms. The highest BCUT2D eigenvalue weighted by Gasteiger charge is 2.42. The Morgan fingerprint density at radius 2 is 2.00 bits per heavy atom. The van der Waals surface area contributed by atoms with Crippen LogP contribution < -0.4 is 0 Å². The first kappa shape index (κ1) is 13.7. The Morgan fingerprint density at radius 3 is 2.47 bits per heavy atom. The van der Waals surface area contributed by atoms with E-state index < -0.39 is 17.9 Å². The third kappa shape index (κ3) is 2.65. The highest BCUT2D eigenvalue weighted by atomic mass is 16.6. The maximum absolute atomic E-state index is 12.1. The van der Waals surface area contributed by atoms with E-state index in [1.165, 1.54) is 6.92 Å². The molecule has 1 saturated heterocycles. The van der Waals surface area contributed by atoms with Crippen molar-refractivity contribution in [1.29, 1.82) is 0 Å². The number of ketones is 1. The Morgan fingerprint density at radius 1 is 1.41 bits per heavy atom. The minimum absolute atomic E-state index is 0.120. The topological polar surface area (TPSA) is 63.7 Å². The average Bonchev–Trinajstić information content (AvgIpc) is 2.68. The van der Waals surface area contributed by atoms with Crippen molar-refractivity contribution >= 4 is 17.8 Å². The van der Waals surface area contributed by atoms with Gasteiger partial charge >= 0.3 is 6.09 Å². The molecule has 1 rings (SSSR count). The van der Waals surface area contributed by atoms with E-state index in [9.17, 15) is 14.4 Å². The van der Waals surface area contributed by atoms with Gasteiger partial charge in [-0.2, -0.15) is 0 Å². The summed E-state index contributed by atoms with van der Waals surface area (Å²) >= 11 is 0. The van der Waals surface area contributed by atoms with Crippen molar-refractivity contribution in [3.8, 4) is 0 Å². The minimum atomic E-state index is -0.771. The van der Waals surface area contributed by atoms with Crippen LogP contribution in [0.2, 0.25) is 0 Å². The predicted molar refractivity (Wildman–Crippen MR) is 61.3 cm³/mol. The molecule has 17 heavy (non-hydrogen) atoms. The molecule has 1 unspecified atom stereocenters. The molecule has 0 saturated carbocycles.